The molecule has 0 atom stereocenters. The van der Waals surface area contributed by atoms with Crippen LogP contribution in [0.1, 0.15) is 12.5 Å². The Hall–Kier alpha value is -2.89. The molecule has 3 amide bonds. The van der Waals surface area contributed by atoms with Crippen molar-refractivity contribution in [2.75, 3.05) is 44.2 Å². The predicted octanol–water partition coefficient (Wildman–Crippen LogP) is 1.58. The largest absolute Gasteiger partial charge is 0.416 e. The van der Waals surface area contributed by atoms with Gasteiger partial charge in [0.25, 0.3) is 5.69 Å². The minimum absolute atomic E-state index is 0.0277. The molecule has 1 fully saturated rings. The number of hydrogen-bond donors (Lipinski definition) is 2. The summed E-state index contributed by atoms with van der Waals surface area (Å²) in [6.07, 6.45) is -4.67. The smallest absolute Gasteiger partial charge is 0.363 e. The zero-order valence-corrected chi connectivity index (χ0v) is 15.1. The number of imide groups is 1. The van der Waals surface area contributed by atoms with Crippen molar-refractivity contribution in [2.24, 2.45) is 0 Å². The van der Waals surface area contributed by atoms with Gasteiger partial charge in [-0.15, -0.1) is 0 Å². The second kappa shape index (κ2) is 8.87. The maximum Gasteiger partial charge on any atom is 0.416 e. The zero-order valence-electron chi connectivity index (χ0n) is 15.1. The summed E-state index contributed by atoms with van der Waals surface area (Å²) in [6, 6.07) is 1.85. The number of anilines is 1. The lowest BCUT2D eigenvalue weighted by atomic mass is 10.1. The maximum absolute atomic E-state index is 12.8. The molecule has 0 bridgehead atoms. The Labute approximate surface area is 158 Å². The predicted molar refractivity (Wildman–Crippen MR) is 94.0 cm³/mol. The molecule has 9 nitrogen and oxygen atoms in total. The number of hydrogen-bond acceptors (Lipinski definition) is 6. The van der Waals surface area contributed by atoms with Crippen molar-refractivity contribution in [3.63, 3.8) is 0 Å². The van der Waals surface area contributed by atoms with Crippen molar-refractivity contribution in [1.29, 1.82) is 0 Å². The van der Waals surface area contributed by atoms with Gasteiger partial charge in [0, 0.05) is 38.8 Å². The Balaban J connectivity index is 2.00. The molecule has 0 aromatic heterocycles. The highest BCUT2D eigenvalue weighted by atomic mass is 19.4. The summed E-state index contributed by atoms with van der Waals surface area (Å²) in [5, 5.41) is 15.8. The molecule has 1 aliphatic heterocycles. The number of rotatable bonds is 5. The van der Waals surface area contributed by atoms with Crippen molar-refractivity contribution in [1.82, 2.24) is 15.5 Å². The van der Waals surface area contributed by atoms with Gasteiger partial charge in [0.15, 0.2) is 0 Å². The van der Waals surface area contributed by atoms with Gasteiger partial charge in [-0.2, -0.15) is 13.2 Å². The van der Waals surface area contributed by atoms with Crippen LogP contribution in [0.5, 0.6) is 0 Å². The van der Waals surface area contributed by atoms with Crippen molar-refractivity contribution < 1.29 is 27.7 Å². The third-order valence-electron chi connectivity index (χ3n) is 4.17. The summed E-state index contributed by atoms with van der Waals surface area (Å²) in [7, 11) is 0. The minimum Gasteiger partial charge on any atom is -0.363 e. The Morgan fingerprint density at radius 1 is 1.21 bits per heavy atom. The molecule has 12 heteroatoms. The highest BCUT2D eigenvalue weighted by molar-refractivity contribution is 5.95. The van der Waals surface area contributed by atoms with E-state index in [-0.39, 0.29) is 12.2 Å². The van der Waals surface area contributed by atoms with E-state index in [1.54, 1.807) is 16.7 Å². The summed E-state index contributed by atoms with van der Waals surface area (Å²) in [4.78, 5) is 36.9. The van der Waals surface area contributed by atoms with Gasteiger partial charge < -0.3 is 10.2 Å². The Morgan fingerprint density at radius 3 is 2.39 bits per heavy atom. The van der Waals surface area contributed by atoms with Crippen molar-refractivity contribution in [2.45, 2.75) is 13.1 Å². The molecule has 1 heterocycles. The van der Waals surface area contributed by atoms with E-state index in [4.69, 9.17) is 0 Å². The molecule has 0 radical (unpaired) electrons. The molecule has 1 saturated heterocycles. The molecule has 1 aromatic rings. The lowest BCUT2D eigenvalue weighted by Gasteiger charge is -2.35. The van der Waals surface area contributed by atoms with E-state index in [1.807, 2.05) is 0 Å². The Bertz CT molecular complexity index is 748. The van der Waals surface area contributed by atoms with Gasteiger partial charge in [-0.3, -0.25) is 25.1 Å². The first-order chi connectivity index (χ1) is 13.1. The van der Waals surface area contributed by atoms with Crippen LogP contribution in [0.25, 0.3) is 0 Å². The van der Waals surface area contributed by atoms with Crippen LogP contribution in [-0.4, -0.2) is 61.0 Å². The number of nitrogens with one attached hydrogen (secondary N) is 2. The number of carbonyl (C=O) groups is 2. The maximum atomic E-state index is 12.8. The molecule has 28 heavy (non-hydrogen) atoms. The van der Waals surface area contributed by atoms with Crippen LogP contribution in [0.4, 0.5) is 29.3 Å². The van der Waals surface area contributed by atoms with Gasteiger partial charge in [-0.25, -0.2) is 4.79 Å². The van der Waals surface area contributed by atoms with Gasteiger partial charge in [0.2, 0.25) is 5.91 Å². The number of nitrogens with zero attached hydrogens (tertiary/aromatic N) is 3. The number of urea groups is 1. The van der Waals surface area contributed by atoms with Crippen molar-refractivity contribution in [3.8, 4) is 0 Å². The first-order valence-corrected chi connectivity index (χ1v) is 8.52. The first kappa shape index (κ1) is 21.4. The van der Waals surface area contributed by atoms with E-state index in [0.717, 1.165) is 12.1 Å². The van der Waals surface area contributed by atoms with Crippen LogP contribution >= 0.6 is 0 Å². The third-order valence-corrected chi connectivity index (χ3v) is 4.17. The van der Waals surface area contributed by atoms with Gasteiger partial charge in [0.1, 0.15) is 5.69 Å². The van der Waals surface area contributed by atoms with Gasteiger partial charge in [-0.1, -0.05) is 0 Å². The number of alkyl halides is 3. The average Bonchev–Trinajstić information content (AvgIpc) is 2.61. The Morgan fingerprint density at radius 2 is 1.86 bits per heavy atom. The van der Waals surface area contributed by atoms with Crippen LogP contribution in [0, 0.1) is 10.1 Å². The second-order valence-electron chi connectivity index (χ2n) is 6.13. The van der Waals surface area contributed by atoms with E-state index in [1.165, 1.54) is 0 Å². The second-order valence-corrected chi connectivity index (χ2v) is 6.13. The molecule has 1 aromatic carbocycles. The molecule has 0 spiro atoms. The van der Waals surface area contributed by atoms with Crippen molar-refractivity contribution in [3.05, 3.63) is 33.9 Å². The first-order valence-electron chi connectivity index (χ1n) is 8.52. The van der Waals surface area contributed by atoms with E-state index >= 15 is 0 Å². The van der Waals surface area contributed by atoms with E-state index < -0.39 is 34.3 Å². The monoisotopic (exact) mass is 403 g/mol. The van der Waals surface area contributed by atoms with E-state index in [9.17, 15) is 32.9 Å². The van der Waals surface area contributed by atoms with Crippen LogP contribution in [0.2, 0.25) is 0 Å². The van der Waals surface area contributed by atoms with Gasteiger partial charge in [-0.05, 0) is 19.1 Å². The normalized spacial score (nSPS) is 15.2. The Kier molecular flexibility index (Phi) is 6.78. The molecule has 2 N–H and O–H groups in total. The molecule has 2 rings (SSSR count). The summed E-state index contributed by atoms with van der Waals surface area (Å²) in [6.45, 7) is 3.37. The third kappa shape index (κ3) is 5.55. The van der Waals surface area contributed by atoms with E-state index in [2.05, 4.69) is 10.6 Å². The van der Waals surface area contributed by atoms with Crippen LogP contribution in [0.3, 0.4) is 0 Å². The van der Waals surface area contributed by atoms with Crippen LogP contribution in [-0.2, 0) is 11.0 Å². The number of nitro benzene ring substituents is 1. The summed E-state index contributed by atoms with van der Waals surface area (Å²) in [5.41, 5.74) is -1.59. The van der Waals surface area contributed by atoms with Crippen LogP contribution in [0.15, 0.2) is 18.2 Å². The highest BCUT2D eigenvalue weighted by Crippen LogP contribution is 2.36. The molecule has 154 valence electrons. The molecule has 0 saturated carbocycles. The van der Waals surface area contributed by atoms with E-state index in [0.29, 0.717) is 38.8 Å². The molecule has 0 aliphatic carbocycles. The summed E-state index contributed by atoms with van der Waals surface area (Å²) < 4.78 is 38.4. The number of piperazine rings is 1. The summed E-state index contributed by atoms with van der Waals surface area (Å²) >= 11 is 0. The number of benzene rings is 1. The molecule has 0 unspecified atom stereocenters. The van der Waals surface area contributed by atoms with Gasteiger partial charge >= 0.3 is 12.2 Å². The quantitative estimate of drug-likeness (QED) is 0.571. The fourth-order valence-corrected chi connectivity index (χ4v) is 2.83. The topological polar surface area (TPSA) is 108 Å². The lowest BCUT2D eigenvalue weighted by molar-refractivity contribution is -0.384. The SMILES string of the molecule is CCNC(=O)NC(=O)CN1CCN(c2ccc(C(F)(F)F)cc2[N+](=O)[O-])CC1. The lowest BCUT2D eigenvalue weighted by Crippen LogP contribution is -2.51. The average molecular weight is 403 g/mol. The van der Waals surface area contributed by atoms with Gasteiger partial charge in [0.05, 0.1) is 17.0 Å². The standard InChI is InChI=1S/C16H20F3N5O4/c1-2-20-15(26)21-14(25)10-22-5-7-23(8-6-22)12-4-3-11(16(17,18)19)9-13(12)24(27)28/h3-4,9H,2,5-8,10H2,1H3,(H2,20,21,25,26). The number of amides is 3. The van der Waals surface area contributed by atoms with Crippen LogP contribution < -0.4 is 15.5 Å². The number of carbonyl (C=O) groups excluding carboxylic acids is 2. The fraction of sp³-hybridized carbons (Fsp3) is 0.500. The van der Waals surface area contributed by atoms with Crippen molar-refractivity contribution >= 4 is 23.3 Å². The highest BCUT2D eigenvalue weighted by Gasteiger charge is 2.34. The molecular weight excluding hydrogens is 383 g/mol. The zero-order chi connectivity index (χ0) is 20.9. The molecule has 1 aliphatic rings. The number of halogens is 3. The fourth-order valence-electron chi connectivity index (χ4n) is 2.83. The summed E-state index contributed by atoms with van der Waals surface area (Å²) in [5.74, 6) is -0.486. The molecular formula is C16H20F3N5O4. The number of nitro groups is 1. The minimum atomic E-state index is -4.67.